The van der Waals surface area contributed by atoms with Crippen LogP contribution in [0.2, 0.25) is 0 Å². The molecule has 3 rings (SSSR count). The Morgan fingerprint density at radius 2 is 1.95 bits per heavy atom. The number of primary amides is 1. The Hall–Kier alpha value is -1.26. The number of carbonyl (C=O) groups excluding carboxylic acids is 1. The lowest BCUT2D eigenvalue weighted by atomic mass is 9.98. The molecule has 3 aliphatic heterocycles. The summed E-state index contributed by atoms with van der Waals surface area (Å²) >= 11 is 0. The average Bonchev–Trinajstić information content (AvgIpc) is 2.84. The zero-order chi connectivity index (χ0) is 16.2. The molecule has 0 aromatic carbocycles. The van der Waals surface area contributed by atoms with E-state index < -0.39 is 29.5 Å². The first-order chi connectivity index (χ1) is 10.1. The average molecular weight is 315 g/mol. The summed E-state index contributed by atoms with van der Waals surface area (Å²) in [5.74, 6) is -2.85. The molecule has 0 aromatic rings. The van der Waals surface area contributed by atoms with E-state index in [4.69, 9.17) is 29.4 Å². The number of nitrogens with zero attached hydrogens (tertiary/aromatic N) is 1. The molecule has 3 atom stereocenters. The smallest absolute Gasteiger partial charge is 0.332 e. The number of carbonyl (C=O) groups is 1. The van der Waals surface area contributed by atoms with Crippen molar-refractivity contribution in [2.75, 3.05) is 13.2 Å². The van der Waals surface area contributed by atoms with Gasteiger partial charge in [0.1, 0.15) is 24.5 Å². The molecule has 3 saturated heterocycles. The van der Waals surface area contributed by atoms with Crippen LogP contribution >= 0.6 is 0 Å². The van der Waals surface area contributed by atoms with E-state index in [2.05, 4.69) is 10.5 Å². The quantitative estimate of drug-likeness (QED) is 0.660. The first kappa shape index (κ1) is 15.6. The summed E-state index contributed by atoms with van der Waals surface area (Å²) in [6.45, 7) is 7.54. The fraction of sp³-hybridized carbons (Fsp3) is 0.846. The molecule has 1 spiro atoms. The van der Waals surface area contributed by atoms with Crippen LogP contribution in [0.1, 0.15) is 27.7 Å². The van der Waals surface area contributed by atoms with Gasteiger partial charge in [0.05, 0.1) is 6.61 Å². The van der Waals surface area contributed by atoms with Crippen molar-refractivity contribution >= 4 is 11.7 Å². The molecule has 3 heterocycles. The second-order valence-electron chi connectivity index (χ2n) is 6.42. The minimum absolute atomic E-state index is 0.131. The van der Waals surface area contributed by atoms with E-state index in [0.717, 1.165) is 0 Å². The fourth-order valence-electron chi connectivity index (χ4n) is 2.88. The maximum atomic E-state index is 11.0. The number of hydrogen-bond acceptors (Lipinski definition) is 7. The van der Waals surface area contributed by atoms with Gasteiger partial charge in [0.25, 0.3) is 0 Å². The third kappa shape index (κ3) is 2.70. The van der Waals surface area contributed by atoms with Gasteiger partial charge < -0.3 is 29.4 Å². The molecule has 22 heavy (non-hydrogen) atoms. The molecular formula is C13H21N3O6. The standard InChI is InChI=1S/C13H21N3O6/c1-11(2)19-6-13(22-11)9(15-16-10(14)17)8-7(5-18-13)20-12(3,4)21-8/h7-8H,5-6H2,1-4H3,(H3,14,16,17)/b15-9-/t7-,8-,13+/m1/s1. The number of amides is 2. The van der Waals surface area contributed by atoms with Gasteiger partial charge in [-0.05, 0) is 27.7 Å². The van der Waals surface area contributed by atoms with Crippen molar-refractivity contribution in [3.8, 4) is 0 Å². The van der Waals surface area contributed by atoms with E-state index in [1.165, 1.54) is 0 Å². The zero-order valence-electron chi connectivity index (χ0n) is 13.0. The molecule has 3 aliphatic rings. The third-order valence-electron chi connectivity index (χ3n) is 3.63. The van der Waals surface area contributed by atoms with Crippen molar-refractivity contribution < 1.29 is 28.5 Å². The number of hydrazone groups is 1. The number of nitrogens with two attached hydrogens (primary N) is 1. The lowest BCUT2D eigenvalue weighted by molar-refractivity contribution is -0.236. The Kier molecular flexibility index (Phi) is 3.46. The van der Waals surface area contributed by atoms with Gasteiger partial charge in [0.15, 0.2) is 11.6 Å². The van der Waals surface area contributed by atoms with Crippen molar-refractivity contribution in [3.05, 3.63) is 0 Å². The lowest BCUT2D eigenvalue weighted by Gasteiger charge is -2.38. The molecule has 9 nitrogen and oxygen atoms in total. The van der Waals surface area contributed by atoms with Crippen LogP contribution < -0.4 is 11.2 Å². The van der Waals surface area contributed by atoms with Crippen LogP contribution in [0.15, 0.2) is 5.10 Å². The number of urea groups is 1. The topological polar surface area (TPSA) is 114 Å². The highest BCUT2D eigenvalue weighted by Gasteiger charge is 2.61. The first-order valence-electron chi connectivity index (χ1n) is 7.10. The molecule has 3 N–H and O–H groups in total. The van der Waals surface area contributed by atoms with Crippen molar-refractivity contribution in [2.45, 2.75) is 57.3 Å². The van der Waals surface area contributed by atoms with Crippen molar-refractivity contribution in [1.29, 1.82) is 0 Å². The molecule has 124 valence electrons. The molecule has 0 saturated carbocycles. The van der Waals surface area contributed by atoms with Gasteiger partial charge in [0, 0.05) is 0 Å². The predicted molar refractivity (Wildman–Crippen MR) is 73.8 cm³/mol. The molecule has 0 bridgehead atoms. The molecule has 9 heteroatoms. The Morgan fingerprint density at radius 1 is 1.23 bits per heavy atom. The summed E-state index contributed by atoms with van der Waals surface area (Å²) in [4.78, 5) is 11.0. The van der Waals surface area contributed by atoms with Gasteiger partial charge in [-0.2, -0.15) is 5.10 Å². The summed E-state index contributed by atoms with van der Waals surface area (Å²) in [6, 6.07) is -0.791. The molecule has 0 aliphatic carbocycles. The highest BCUT2D eigenvalue weighted by atomic mass is 16.8. The maximum Gasteiger partial charge on any atom is 0.332 e. The van der Waals surface area contributed by atoms with Gasteiger partial charge in [-0.3, -0.25) is 0 Å². The number of nitrogens with one attached hydrogen (secondary N) is 1. The van der Waals surface area contributed by atoms with Crippen molar-refractivity contribution in [1.82, 2.24) is 5.43 Å². The molecule has 0 radical (unpaired) electrons. The summed E-state index contributed by atoms with van der Waals surface area (Å²) in [5.41, 5.74) is 7.65. The highest BCUT2D eigenvalue weighted by molar-refractivity contribution is 5.97. The summed E-state index contributed by atoms with van der Waals surface area (Å²) < 4.78 is 29.0. The van der Waals surface area contributed by atoms with Crippen LogP contribution in [0.4, 0.5) is 4.79 Å². The van der Waals surface area contributed by atoms with Crippen LogP contribution in [0.25, 0.3) is 0 Å². The number of rotatable bonds is 1. The fourth-order valence-corrected chi connectivity index (χ4v) is 2.88. The van der Waals surface area contributed by atoms with Gasteiger partial charge >= 0.3 is 6.03 Å². The van der Waals surface area contributed by atoms with Crippen LogP contribution in [0, 0.1) is 0 Å². The van der Waals surface area contributed by atoms with E-state index in [-0.39, 0.29) is 19.3 Å². The van der Waals surface area contributed by atoms with Crippen LogP contribution in [-0.4, -0.2) is 54.5 Å². The monoisotopic (exact) mass is 315 g/mol. The van der Waals surface area contributed by atoms with E-state index in [1.54, 1.807) is 27.7 Å². The minimum Gasteiger partial charge on any atom is -0.350 e. The third-order valence-corrected chi connectivity index (χ3v) is 3.63. The molecule has 3 fully saturated rings. The summed E-state index contributed by atoms with van der Waals surface area (Å²) in [6.07, 6.45) is -0.866. The van der Waals surface area contributed by atoms with Crippen molar-refractivity contribution in [2.24, 2.45) is 10.8 Å². The normalized spacial score (nSPS) is 40.8. The molecule has 0 aromatic heterocycles. The van der Waals surface area contributed by atoms with E-state index in [0.29, 0.717) is 5.71 Å². The Morgan fingerprint density at radius 3 is 2.55 bits per heavy atom. The number of ether oxygens (including phenoxy) is 5. The summed E-state index contributed by atoms with van der Waals surface area (Å²) in [7, 11) is 0. The van der Waals surface area contributed by atoms with Gasteiger partial charge in [-0.1, -0.05) is 0 Å². The largest absolute Gasteiger partial charge is 0.350 e. The Labute approximate surface area is 128 Å². The van der Waals surface area contributed by atoms with E-state index >= 15 is 0 Å². The molecular weight excluding hydrogens is 294 g/mol. The zero-order valence-corrected chi connectivity index (χ0v) is 13.0. The van der Waals surface area contributed by atoms with Gasteiger partial charge in [0.2, 0.25) is 5.79 Å². The second kappa shape index (κ2) is 4.87. The maximum absolute atomic E-state index is 11.0. The Balaban J connectivity index is 1.94. The molecule has 2 amide bonds. The van der Waals surface area contributed by atoms with Gasteiger partial charge in [-0.25, -0.2) is 10.2 Å². The SMILES string of the molecule is CC1(C)O[C@@H]2CO[C@]3(COC(C)(C)O3)/C(=N\NC(N)=O)[C@@H]2O1. The minimum atomic E-state index is -1.23. The number of hydrogen-bond donors (Lipinski definition) is 2. The van der Waals surface area contributed by atoms with Crippen LogP contribution in [0.5, 0.6) is 0 Å². The first-order valence-corrected chi connectivity index (χ1v) is 7.10. The Bertz CT molecular complexity index is 518. The van der Waals surface area contributed by atoms with Crippen LogP contribution in [0.3, 0.4) is 0 Å². The lowest BCUT2D eigenvalue weighted by Crippen LogP contribution is -2.59. The number of fused-ring (bicyclic) bond motifs is 1. The van der Waals surface area contributed by atoms with E-state index in [1.807, 2.05) is 0 Å². The van der Waals surface area contributed by atoms with Crippen LogP contribution in [-0.2, 0) is 23.7 Å². The van der Waals surface area contributed by atoms with E-state index in [9.17, 15) is 4.79 Å². The van der Waals surface area contributed by atoms with Crippen molar-refractivity contribution in [3.63, 3.8) is 0 Å². The predicted octanol–water partition coefficient (Wildman–Crippen LogP) is 0.0402. The highest BCUT2D eigenvalue weighted by Crippen LogP contribution is 2.42. The molecule has 0 unspecified atom stereocenters. The van der Waals surface area contributed by atoms with Gasteiger partial charge in [-0.15, -0.1) is 0 Å². The second-order valence-corrected chi connectivity index (χ2v) is 6.42. The summed E-state index contributed by atoms with van der Waals surface area (Å²) in [5, 5.41) is 4.05.